The Balaban J connectivity index is 1.71. The Hall–Kier alpha value is -3.47. The van der Waals surface area contributed by atoms with E-state index in [1.807, 2.05) is 0 Å². The largest absolute Gasteiger partial charge is 0.493 e. The Morgan fingerprint density at radius 3 is 2.55 bits per heavy atom. The molecule has 4 rings (SSSR count). The lowest BCUT2D eigenvalue weighted by Crippen LogP contribution is -2.24. The van der Waals surface area contributed by atoms with Crippen LogP contribution < -0.4 is 5.69 Å². The van der Waals surface area contributed by atoms with Crippen molar-refractivity contribution in [3.8, 4) is 23.0 Å². The third-order valence-electron chi connectivity index (χ3n) is 4.68. The molecule has 7 nitrogen and oxygen atoms in total. The second-order valence-corrected chi connectivity index (χ2v) is 7.76. The average molecular weight is 447 g/mol. The quantitative estimate of drug-likeness (QED) is 0.450. The number of hydrogen-bond acceptors (Lipinski definition) is 5. The fourth-order valence-corrected chi connectivity index (χ4v) is 3.75. The van der Waals surface area contributed by atoms with Gasteiger partial charge in [-0.2, -0.15) is 13.2 Å². The van der Waals surface area contributed by atoms with Crippen molar-refractivity contribution in [2.24, 2.45) is 0 Å². The van der Waals surface area contributed by atoms with E-state index in [-0.39, 0.29) is 34.8 Å². The molecule has 0 saturated heterocycles. The lowest BCUT2D eigenvalue weighted by Gasteiger charge is -2.08. The van der Waals surface area contributed by atoms with E-state index in [9.17, 15) is 23.1 Å². The first-order valence-corrected chi connectivity index (χ1v) is 9.86. The molecule has 0 aliphatic carbocycles. The zero-order chi connectivity index (χ0) is 22.2. The third-order valence-corrected chi connectivity index (χ3v) is 5.42. The molecule has 0 saturated carbocycles. The minimum atomic E-state index is -4.41. The topological polar surface area (TPSA) is 88.7 Å². The highest BCUT2D eigenvalue weighted by atomic mass is 32.2. The maximum absolute atomic E-state index is 13.1. The number of benzene rings is 1. The van der Waals surface area contributed by atoms with E-state index in [4.69, 9.17) is 0 Å². The van der Waals surface area contributed by atoms with Crippen LogP contribution in [0.2, 0.25) is 0 Å². The lowest BCUT2D eigenvalue weighted by molar-refractivity contribution is -0.0328. The molecule has 0 aliphatic rings. The van der Waals surface area contributed by atoms with Gasteiger partial charge >= 0.3 is 11.2 Å². The van der Waals surface area contributed by atoms with E-state index in [1.54, 1.807) is 37.8 Å². The number of aromatic amines is 1. The molecule has 3 aromatic heterocycles. The van der Waals surface area contributed by atoms with Gasteiger partial charge < -0.3 is 10.1 Å². The summed E-state index contributed by atoms with van der Waals surface area (Å²) < 4.78 is 40.1. The van der Waals surface area contributed by atoms with Gasteiger partial charge in [0.05, 0.1) is 17.9 Å². The third kappa shape index (κ3) is 4.22. The first-order chi connectivity index (χ1) is 14.7. The van der Waals surface area contributed by atoms with E-state index in [1.165, 1.54) is 28.8 Å². The summed E-state index contributed by atoms with van der Waals surface area (Å²) in [4.78, 5) is 24.4. The van der Waals surface area contributed by atoms with Crippen molar-refractivity contribution in [2.75, 3.05) is 0 Å². The lowest BCUT2D eigenvalue weighted by atomic mass is 10.1. The molecule has 0 atom stereocenters. The van der Waals surface area contributed by atoms with Crippen LogP contribution in [0.4, 0.5) is 13.2 Å². The summed E-state index contributed by atoms with van der Waals surface area (Å²) in [7, 11) is 0. The number of nitrogens with one attached hydrogen (secondary N) is 1. The molecule has 0 aliphatic heterocycles. The van der Waals surface area contributed by atoms with Crippen molar-refractivity contribution < 1.29 is 18.3 Å². The SMILES string of the molecule is Cc1c(O)n(-c2ccc(SC(F)(F)F)cc2)c(=O)n1Cc1ccncc1-c1ncc[nH]1. The maximum Gasteiger partial charge on any atom is 0.446 e. The first kappa shape index (κ1) is 20.8. The van der Waals surface area contributed by atoms with Crippen molar-refractivity contribution in [3.63, 3.8) is 0 Å². The molecule has 0 amide bonds. The Kier molecular flexibility index (Phi) is 5.36. The molecule has 11 heteroatoms. The maximum atomic E-state index is 13.1. The normalized spacial score (nSPS) is 11.7. The first-order valence-electron chi connectivity index (χ1n) is 9.04. The van der Waals surface area contributed by atoms with E-state index in [0.717, 1.165) is 10.1 Å². The molecule has 3 heterocycles. The monoisotopic (exact) mass is 447 g/mol. The zero-order valence-corrected chi connectivity index (χ0v) is 16.9. The molecule has 0 fully saturated rings. The van der Waals surface area contributed by atoms with Crippen LogP contribution in [-0.2, 0) is 6.54 Å². The number of H-pyrrole nitrogens is 1. The minimum absolute atomic E-state index is 0.0141. The molecule has 31 heavy (non-hydrogen) atoms. The number of aromatic hydroxyl groups is 1. The minimum Gasteiger partial charge on any atom is -0.493 e. The van der Waals surface area contributed by atoms with Crippen molar-refractivity contribution in [2.45, 2.75) is 23.9 Å². The summed E-state index contributed by atoms with van der Waals surface area (Å²) >= 11 is -0.246. The van der Waals surface area contributed by atoms with Crippen molar-refractivity contribution >= 4 is 11.8 Å². The number of thioether (sulfide) groups is 1. The number of halogens is 3. The molecule has 0 bridgehead atoms. The summed E-state index contributed by atoms with van der Waals surface area (Å²) in [6.07, 6.45) is 6.50. The predicted molar refractivity (Wildman–Crippen MR) is 109 cm³/mol. The Labute approximate surface area is 178 Å². The van der Waals surface area contributed by atoms with Crippen LogP contribution in [0.3, 0.4) is 0 Å². The fraction of sp³-hybridized carbons (Fsp3) is 0.150. The van der Waals surface area contributed by atoms with Gasteiger partial charge in [0.15, 0.2) is 0 Å². The van der Waals surface area contributed by atoms with Gasteiger partial charge in [-0.1, -0.05) is 0 Å². The van der Waals surface area contributed by atoms with Crippen LogP contribution >= 0.6 is 11.8 Å². The van der Waals surface area contributed by atoms with Gasteiger partial charge in [0.1, 0.15) is 5.82 Å². The molecule has 160 valence electrons. The fourth-order valence-electron chi connectivity index (χ4n) is 3.21. The van der Waals surface area contributed by atoms with Crippen LogP contribution in [0.25, 0.3) is 17.1 Å². The van der Waals surface area contributed by atoms with Crippen LogP contribution in [0.5, 0.6) is 5.88 Å². The summed E-state index contributed by atoms with van der Waals surface area (Å²) in [5.74, 6) is 0.310. The molecular formula is C20H16F3N5O2S. The van der Waals surface area contributed by atoms with Gasteiger partial charge in [0.2, 0.25) is 5.88 Å². The van der Waals surface area contributed by atoms with Crippen molar-refractivity contribution in [1.29, 1.82) is 0 Å². The number of imidazole rings is 2. The van der Waals surface area contributed by atoms with Crippen LogP contribution in [0.1, 0.15) is 11.3 Å². The Morgan fingerprint density at radius 1 is 1.16 bits per heavy atom. The number of pyridine rings is 1. The van der Waals surface area contributed by atoms with Gasteiger partial charge in [0.25, 0.3) is 0 Å². The number of nitrogens with zero attached hydrogens (tertiary/aromatic N) is 4. The van der Waals surface area contributed by atoms with E-state index >= 15 is 0 Å². The smallest absolute Gasteiger partial charge is 0.446 e. The Bertz CT molecular complexity index is 1260. The second kappa shape index (κ2) is 7.99. The number of alkyl halides is 3. The molecular weight excluding hydrogens is 431 g/mol. The molecule has 1 aromatic carbocycles. The number of rotatable bonds is 5. The van der Waals surface area contributed by atoms with Gasteiger partial charge in [0, 0.05) is 35.2 Å². The molecule has 0 spiro atoms. The van der Waals surface area contributed by atoms with E-state index in [0.29, 0.717) is 17.1 Å². The molecule has 0 unspecified atom stereocenters. The van der Waals surface area contributed by atoms with Crippen LogP contribution in [-0.4, -0.2) is 34.7 Å². The van der Waals surface area contributed by atoms with Gasteiger partial charge in [-0.3, -0.25) is 9.55 Å². The van der Waals surface area contributed by atoms with Crippen LogP contribution in [0.15, 0.2) is 64.8 Å². The zero-order valence-electron chi connectivity index (χ0n) is 16.1. The van der Waals surface area contributed by atoms with Crippen molar-refractivity contribution in [1.82, 2.24) is 24.1 Å². The standard InChI is InChI=1S/C20H16F3N5O2S/c1-12-18(29)28(14-2-4-15(5-3-14)31-20(21,22)23)19(30)27(12)11-13-6-7-24-10-16(13)17-25-8-9-26-17/h2-10,29H,11H2,1H3,(H,25,26). The highest BCUT2D eigenvalue weighted by molar-refractivity contribution is 8.00. The predicted octanol–water partition coefficient (Wildman–Crippen LogP) is 4.10. The van der Waals surface area contributed by atoms with Gasteiger partial charge in [-0.05, 0) is 54.6 Å². The molecule has 2 N–H and O–H groups in total. The second-order valence-electron chi connectivity index (χ2n) is 6.63. The Morgan fingerprint density at radius 2 is 1.90 bits per heavy atom. The average Bonchev–Trinajstić information content (AvgIpc) is 3.32. The molecule has 0 radical (unpaired) electrons. The van der Waals surface area contributed by atoms with E-state index in [2.05, 4.69) is 15.0 Å². The van der Waals surface area contributed by atoms with Gasteiger partial charge in [-0.15, -0.1) is 0 Å². The van der Waals surface area contributed by atoms with Crippen molar-refractivity contribution in [3.05, 3.63) is 76.9 Å². The summed E-state index contributed by atoms with van der Waals surface area (Å²) in [5.41, 5.74) is -2.88. The summed E-state index contributed by atoms with van der Waals surface area (Å²) in [6.45, 7) is 1.74. The number of hydrogen-bond donors (Lipinski definition) is 2. The molecule has 4 aromatic rings. The summed E-state index contributed by atoms with van der Waals surface area (Å²) in [5, 5.41) is 10.6. The van der Waals surface area contributed by atoms with Crippen LogP contribution in [0, 0.1) is 6.92 Å². The highest BCUT2D eigenvalue weighted by Crippen LogP contribution is 2.37. The number of aromatic nitrogens is 5. The van der Waals surface area contributed by atoms with Gasteiger partial charge in [-0.25, -0.2) is 14.3 Å². The summed E-state index contributed by atoms with van der Waals surface area (Å²) in [6, 6.07) is 6.98. The van der Waals surface area contributed by atoms with E-state index < -0.39 is 11.2 Å². The highest BCUT2D eigenvalue weighted by Gasteiger charge is 2.29.